The number of halogens is 2. The third-order valence-electron chi connectivity index (χ3n) is 6.65. The summed E-state index contributed by atoms with van der Waals surface area (Å²) in [5.74, 6) is 0.824. The molecule has 3 heterocycles. The molecule has 7 nitrogen and oxygen atoms in total. The Hall–Kier alpha value is -2.45. The van der Waals surface area contributed by atoms with E-state index in [2.05, 4.69) is 15.5 Å². The maximum absolute atomic E-state index is 13.2. The molecule has 2 unspecified atom stereocenters. The first-order valence-electron chi connectivity index (χ1n) is 9.89. The number of hydrogen-bond acceptors (Lipinski definition) is 5. The molecule has 1 aromatic heterocycles. The first kappa shape index (κ1) is 19.8. The van der Waals surface area contributed by atoms with Crippen molar-refractivity contribution in [2.45, 2.75) is 46.3 Å². The summed E-state index contributed by atoms with van der Waals surface area (Å²) < 4.78 is 34.5. The van der Waals surface area contributed by atoms with Crippen molar-refractivity contribution in [2.75, 3.05) is 13.1 Å². The second-order valence-corrected chi connectivity index (χ2v) is 8.89. The molecule has 1 N–H and O–H groups in total. The molecule has 29 heavy (non-hydrogen) atoms. The Kier molecular flexibility index (Phi) is 4.66. The van der Waals surface area contributed by atoms with Gasteiger partial charge < -0.3 is 10.1 Å². The molecule has 4 atom stereocenters. The van der Waals surface area contributed by atoms with Crippen LogP contribution in [0.1, 0.15) is 38.4 Å². The van der Waals surface area contributed by atoms with E-state index in [1.54, 1.807) is 10.9 Å². The molecule has 3 aliphatic rings. The third kappa shape index (κ3) is 3.40. The van der Waals surface area contributed by atoms with Crippen LogP contribution < -0.4 is 5.32 Å². The molecule has 9 heteroatoms. The number of alkyl halides is 2. The number of fused-ring (bicyclic) bond motifs is 1. The Balaban J connectivity index is 1.65. The van der Waals surface area contributed by atoms with Gasteiger partial charge in [-0.25, -0.2) is 5.01 Å². The minimum Gasteiger partial charge on any atom is -0.490 e. The topological polar surface area (TPSA) is 71.8 Å². The minimum atomic E-state index is -2.63. The summed E-state index contributed by atoms with van der Waals surface area (Å²) in [6, 6.07) is 0. The molecule has 158 valence electrons. The number of hydrogen-bond donors (Lipinski definition) is 1. The predicted molar refractivity (Wildman–Crippen MR) is 104 cm³/mol. The zero-order chi connectivity index (χ0) is 21.0. The van der Waals surface area contributed by atoms with E-state index in [0.717, 1.165) is 16.3 Å². The number of nitrogens with one attached hydrogen (secondary N) is 1. The normalized spacial score (nSPS) is 32.4. The molecular formula is C20H27F2N5O2. The number of aryl methyl sites for hydroxylation is 1. The highest BCUT2D eigenvalue weighted by Gasteiger charge is 2.50. The highest BCUT2D eigenvalue weighted by atomic mass is 19.3. The van der Waals surface area contributed by atoms with Crippen molar-refractivity contribution >= 4 is 17.9 Å². The van der Waals surface area contributed by atoms with Crippen molar-refractivity contribution in [1.82, 2.24) is 20.1 Å². The van der Waals surface area contributed by atoms with E-state index in [1.807, 2.05) is 40.1 Å². The zero-order valence-corrected chi connectivity index (χ0v) is 17.2. The quantitative estimate of drug-likeness (QED) is 0.761. The number of aromatic nitrogens is 2. The van der Waals surface area contributed by atoms with Crippen LogP contribution in [0.3, 0.4) is 0 Å². The predicted octanol–water partition coefficient (Wildman–Crippen LogP) is 2.39. The lowest BCUT2D eigenvalue weighted by Crippen LogP contribution is -2.45. The van der Waals surface area contributed by atoms with Crippen LogP contribution in [0.5, 0.6) is 0 Å². The van der Waals surface area contributed by atoms with Crippen LogP contribution in [0.2, 0.25) is 0 Å². The number of rotatable bonds is 5. The van der Waals surface area contributed by atoms with Crippen LogP contribution in [0.4, 0.5) is 8.78 Å². The van der Waals surface area contributed by atoms with Crippen molar-refractivity contribution in [3.8, 4) is 0 Å². The summed E-state index contributed by atoms with van der Waals surface area (Å²) in [6.07, 6.45) is 6.47. The summed E-state index contributed by atoms with van der Waals surface area (Å²) in [5, 5.41) is 12.2. The number of carbonyl (C=O) groups excluding carboxylic acids is 1. The Morgan fingerprint density at radius 1 is 1.34 bits per heavy atom. The monoisotopic (exact) mass is 407 g/mol. The van der Waals surface area contributed by atoms with Gasteiger partial charge in [-0.3, -0.25) is 9.48 Å². The molecule has 0 radical (unpaired) electrons. The fourth-order valence-corrected chi connectivity index (χ4v) is 4.42. The van der Waals surface area contributed by atoms with Gasteiger partial charge >= 0.3 is 6.55 Å². The van der Waals surface area contributed by atoms with E-state index in [0.29, 0.717) is 25.1 Å². The number of ether oxygens (including phenoxy) is 1. The van der Waals surface area contributed by atoms with Crippen molar-refractivity contribution < 1.29 is 18.3 Å². The molecule has 2 aliphatic heterocycles. The second kappa shape index (κ2) is 6.81. The summed E-state index contributed by atoms with van der Waals surface area (Å²) in [5.41, 5.74) is 0.700. The number of carbonyl (C=O) groups is 1. The molecule has 0 spiro atoms. The Labute approximate surface area is 168 Å². The number of nitrogens with zero attached hydrogens (tertiary/aromatic N) is 4. The van der Waals surface area contributed by atoms with Crippen molar-refractivity contribution in [2.24, 2.45) is 28.9 Å². The summed E-state index contributed by atoms with van der Waals surface area (Å²) in [7, 11) is 1.85. The van der Waals surface area contributed by atoms with Crippen molar-refractivity contribution in [3.05, 3.63) is 23.5 Å². The lowest BCUT2D eigenvalue weighted by Gasteiger charge is -2.43. The van der Waals surface area contributed by atoms with Gasteiger partial charge in [-0.15, -0.1) is 0 Å². The number of hydrazone groups is 1. The van der Waals surface area contributed by atoms with Gasteiger partial charge in [-0.1, -0.05) is 13.8 Å². The van der Waals surface area contributed by atoms with Gasteiger partial charge in [-0.2, -0.15) is 19.0 Å². The van der Waals surface area contributed by atoms with E-state index >= 15 is 0 Å². The maximum atomic E-state index is 13.2. The van der Waals surface area contributed by atoms with Gasteiger partial charge in [0.2, 0.25) is 5.91 Å². The molecule has 1 aliphatic carbocycles. The molecule has 0 saturated carbocycles. The molecule has 1 aromatic rings. The van der Waals surface area contributed by atoms with Crippen molar-refractivity contribution in [3.63, 3.8) is 0 Å². The average Bonchev–Trinajstić information content (AvgIpc) is 3.33. The fraction of sp³-hybridized carbons (Fsp3) is 0.650. The zero-order valence-electron chi connectivity index (χ0n) is 17.2. The van der Waals surface area contributed by atoms with Crippen LogP contribution in [0.25, 0.3) is 5.76 Å². The van der Waals surface area contributed by atoms with E-state index in [9.17, 15) is 13.6 Å². The number of allylic oxidation sites excluding steroid dienone is 1. The fourth-order valence-electron chi connectivity index (χ4n) is 4.42. The van der Waals surface area contributed by atoms with Gasteiger partial charge in [0.25, 0.3) is 0 Å². The van der Waals surface area contributed by atoms with Crippen LogP contribution in [0, 0.1) is 16.7 Å². The first-order chi connectivity index (χ1) is 13.6. The summed E-state index contributed by atoms with van der Waals surface area (Å²) >= 11 is 0. The molecule has 0 bridgehead atoms. The lowest BCUT2D eigenvalue weighted by molar-refractivity contribution is -0.119. The number of amides is 1. The Morgan fingerprint density at radius 3 is 2.72 bits per heavy atom. The summed E-state index contributed by atoms with van der Waals surface area (Å²) in [6.45, 7) is 4.05. The first-order valence-corrected chi connectivity index (χ1v) is 9.89. The summed E-state index contributed by atoms with van der Waals surface area (Å²) in [4.78, 5) is 11.6. The van der Waals surface area contributed by atoms with Gasteiger partial charge in [0.15, 0.2) is 0 Å². The SMILES string of the molecule is C[C@@H](OC1=CC(C)(C2(C)C=NN(C(F)F)C2)Cc2nn(C)cc21)[C@H]1CNC(=O)C1. The molecule has 1 fully saturated rings. The van der Waals surface area contributed by atoms with Crippen molar-refractivity contribution in [1.29, 1.82) is 0 Å². The van der Waals surface area contributed by atoms with Gasteiger partial charge in [0, 0.05) is 55.6 Å². The maximum Gasteiger partial charge on any atom is 0.329 e. The van der Waals surface area contributed by atoms with E-state index in [4.69, 9.17) is 4.74 Å². The molecule has 1 amide bonds. The molecule has 1 saturated heterocycles. The molecule has 4 rings (SSSR count). The van der Waals surface area contributed by atoms with Crippen LogP contribution in [-0.2, 0) is 23.0 Å². The Bertz CT molecular complexity index is 882. The van der Waals surface area contributed by atoms with Crippen LogP contribution in [-0.4, -0.2) is 52.7 Å². The molecular weight excluding hydrogens is 380 g/mol. The van der Waals surface area contributed by atoms with E-state index in [1.165, 1.54) is 0 Å². The van der Waals surface area contributed by atoms with Gasteiger partial charge in [-0.05, 0) is 13.0 Å². The van der Waals surface area contributed by atoms with Crippen LogP contribution in [0.15, 0.2) is 17.4 Å². The third-order valence-corrected chi connectivity index (χ3v) is 6.65. The van der Waals surface area contributed by atoms with Crippen LogP contribution >= 0.6 is 0 Å². The standard InChI is InChI=1S/C20H27F2N5O2/c1-12(13-5-17(28)23-8-13)29-16-7-19(2,6-15-14(16)9-26(4)25-15)20(3)10-24-27(11-20)18(21)22/h7,9-10,12-13,18H,5-6,8,11H2,1-4H3,(H,23,28)/t12-,13-,19?,20?/m1/s1. The Morgan fingerprint density at radius 2 is 2.10 bits per heavy atom. The lowest BCUT2D eigenvalue weighted by atomic mass is 9.62. The van der Waals surface area contributed by atoms with Gasteiger partial charge in [0.1, 0.15) is 11.9 Å². The molecule has 0 aromatic carbocycles. The van der Waals surface area contributed by atoms with E-state index < -0.39 is 17.4 Å². The largest absolute Gasteiger partial charge is 0.490 e. The second-order valence-electron chi connectivity index (χ2n) is 8.89. The highest BCUT2D eigenvalue weighted by Crippen LogP contribution is 2.50. The highest BCUT2D eigenvalue weighted by molar-refractivity contribution is 5.78. The average molecular weight is 407 g/mol. The smallest absolute Gasteiger partial charge is 0.329 e. The van der Waals surface area contributed by atoms with E-state index in [-0.39, 0.29) is 24.5 Å². The van der Waals surface area contributed by atoms with Gasteiger partial charge in [0.05, 0.1) is 17.8 Å². The minimum absolute atomic E-state index is 0.0387.